The summed E-state index contributed by atoms with van der Waals surface area (Å²) in [4.78, 5) is 14.4. The van der Waals surface area contributed by atoms with Gasteiger partial charge in [0.05, 0.1) is 10.6 Å². The standard InChI is InChI=1S/C15H19NOS/c1-12-5-7-13(8-6-12)16-14(17)11-18-15(16)9-3-2-4-10-15/h5-8H,2-4,9-11H2,1H3. The number of carbonyl (C=O) groups excluding carboxylic acids is 1. The normalized spacial score (nSPS) is 22.7. The molecule has 96 valence electrons. The van der Waals surface area contributed by atoms with E-state index in [1.54, 1.807) is 0 Å². The monoisotopic (exact) mass is 261 g/mol. The van der Waals surface area contributed by atoms with Gasteiger partial charge in [-0.3, -0.25) is 9.69 Å². The van der Waals surface area contributed by atoms with Crippen molar-refractivity contribution in [2.75, 3.05) is 10.7 Å². The molecule has 0 atom stereocenters. The van der Waals surface area contributed by atoms with Crippen molar-refractivity contribution in [1.82, 2.24) is 0 Å². The van der Waals surface area contributed by atoms with Crippen LogP contribution in [0.2, 0.25) is 0 Å². The zero-order chi connectivity index (χ0) is 12.6. The zero-order valence-electron chi connectivity index (χ0n) is 10.8. The molecule has 0 aromatic heterocycles. The van der Waals surface area contributed by atoms with E-state index in [2.05, 4.69) is 36.1 Å². The van der Waals surface area contributed by atoms with E-state index in [-0.39, 0.29) is 10.8 Å². The molecule has 1 saturated heterocycles. The number of benzene rings is 1. The van der Waals surface area contributed by atoms with Crippen LogP contribution in [0.4, 0.5) is 5.69 Å². The number of rotatable bonds is 1. The molecule has 1 spiro atoms. The molecule has 18 heavy (non-hydrogen) atoms. The molecule has 0 radical (unpaired) electrons. The SMILES string of the molecule is Cc1ccc(N2C(=O)CSC23CCCCC3)cc1. The molecule has 3 rings (SSSR count). The third-order valence-corrected chi connectivity index (χ3v) is 5.57. The third-order valence-electron chi connectivity index (χ3n) is 4.05. The highest BCUT2D eigenvalue weighted by Crippen LogP contribution is 2.48. The molecule has 2 aliphatic rings. The van der Waals surface area contributed by atoms with Gasteiger partial charge >= 0.3 is 0 Å². The smallest absolute Gasteiger partial charge is 0.238 e. The van der Waals surface area contributed by atoms with Gasteiger partial charge in [0.2, 0.25) is 5.91 Å². The fourth-order valence-corrected chi connectivity index (χ4v) is 4.53. The molecule has 0 N–H and O–H groups in total. The molecule has 1 aliphatic heterocycles. The molecule has 0 unspecified atom stereocenters. The van der Waals surface area contributed by atoms with Crippen molar-refractivity contribution < 1.29 is 4.79 Å². The average Bonchev–Trinajstić information content (AvgIpc) is 2.69. The Morgan fingerprint density at radius 2 is 1.78 bits per heavy atom. The molecule has 0 bridgehead atoms. The number of anilines is 1. The number of hydrogen-bond acceptors (Lipinski definition) is 2. The first-order valence-corrected chi connectivity index (χ1v) is 7.74. The van der Waals surface area contributed by atoms with Crippen LogP contribution in [0.25, 0.3) is 0 Å². The molecule has 1 saturated carbocycles. The molecule has 1 aromatic carbocycles. The van der Waals surface area contributed by atoms with Gasteiger partial charge in [0.25, 0.3) is 0 Å². The Labute approximate surface area is 113 Å². The van der Waals surface area contributed by atoms with Crippen LogP contribution >= 0.6 is 11.8 Å². The zero-order valence-corrected chi connectivity index (χ0v) is 11.6. The van der Waals surface area contributed by atoms with Crippen molar-refractivity contribution in [2.45, 2.75) is 43.9 Å². The minimum atomic E-state index is 0.0601. The highest BCUT2D eigenvalue weighted by molar-refractivity contribution is 8.02. The van der Waals surface area contributed by atoms with Crippen molar-refractivity contribution in [1.29, 1.82) is 0 Å². The van der Waals surface area contributed by atoms with E-state index in [1.807, 2.05) is 11.8 Å². The van der Waals surface area contributed by atoms with Crippen molar-refractivity contribution in [3.8, 4) is 0 Å². The van der Waals surface area contributed by atoms with E-state index in [9.17, 15) is 4.79 Å². The Morgan fingerprint density at radius 3 is 2.44 bits per heavy atom. The minimum absolute atomic E-state index is 0.0601. The average molecular weight is 261 g/mol. The van der Waals surface area contributed by atoms with Crippen LogP contribution in [0.5, 0.6) is 0 Å². The number of carbonyl (C=O) groups is 1. The van der Waals surface area contributed by atoms with E-state index in [4.69, 9.17) is 0 Å². The molecular formula is C15H19NOS. The molecule has 1 heterocycles. The topological polar surface area (TPSA) is 20.3 Å². The number of hydrogen-bond donors (Lipinski definition) is 0. The fourth-order valence-electron chi connectivity index (χ4n) is 3.10. The van der Waals surface area contributed by atoms with Crippen molar-refractivity contribution in [2.24, 2.45) is 0 Å². The van der Waals surface area contributed by atoms with Gasteiger partial charge in [0.1, 0.15) is 0 Å². The largest absolute Gasteiger partial charge is 0.297 e. The molecule has 1 amide bonds. The van der Waals surface area contributed by atoms with Crippen LogP contribution in [0.1, 0.15) is 37.7 Å². The Balaban J connectivity index is 1.96. The lowest BCUT2D eigenvalue weighted by Crippen LogP contribution is -2.45. The minimum Gasteiger partial charge on any atom is -0.297 e. The van der Waals surface area contributed by atoms with Crippen LogP contribution in [0.15, 0.2) is 24.3 Å². The van der Waals surface area contributed by atoms with Crippen molar-refractivity contribution in [3.05, 3.63) is 29.8 Å². The summed E-state index contributed by atoms with van der Waals surface area (Å²) >= 11 is 1.86. The van der Waals surface area contributed by atoms with Gasteiger partial charge in [-0.15, -0.1) is 11.8 Å². The maximum atomic E-state index is 12.2. The van der Waals surface area contributed by atoms with E-state index in [1.165, 1.54) is 24.8 Å². The first-order chi connectivity index (χ1) is 8.71. The molecule has 1 aliphatic carbocycles. The van der Waals surface area contributed by atoms with Crippen LogP contribution in [-0.2, 0) is 4.79 Å². The van der Waals surface area contributed by atoms with E-state index in [0.29, 0.717) is 5.75 Å². The molecule has 3 heteroatoms. The van der Waals surface area contributed by atoms with Gasteiger partial charge < -0.3 is 0 Å². The summed E-state index contributed by atoms with van der Waals surface area (Å²) in [5.74, 6) is 0.930. The predicted octanol–water partition coefficient (Wildman–Crippen LogP) is 3.74. The number of thioether (sulfide) groups is 1. The number of aryl methyl sites for hydroxylation is 1. The van der Waals surface area contributed by atoms with E-state index < -0.39 is 0 Å². The summed E-state index contributed by atoms with van der Waals surface area (Å²) in [5.41, 5.74) is 2.33. The van der Waals surface area contributed by atoms with Crippen molar-refractivity contribution >= 4 is 23.4 Å². The quantitative estimate of drug-likeness (QED) is 0.767. The summed E-state index contributed by atoms with van der Waals surface area (Å²) in [6.07, 6.45) is 6.12. The van der Waals surface area contributed by atoms with Crippen LogP contribution < -0.4 is 4.90 Å². The Kier molecular flexibility index (Phi) is 3.10. The Hall–Kier alpha value is -0.960. The molecule has 2 nitrogen and oxygen atoms in total. The van der Waals surface area contributed by atoms with Gasteiger partial charge in [0.15, 0.2) is 0 Å². The third kappa shape index (κ3) is 1.95. The van der Waals surface area contributed by atoms with Crippen molar-refractivity contribution in [3.63, 3.8) is 0 Å². The summed E-state index contributed by atoms with van der Waals surface area (Å²) in [7, 11) is 0. The predicted molar refractivity (Wildman–Crippen MR) is 76.9 cm³/mol. The highest BCUT2D eigenvalue weighted by Gasteiger charge is 2.47. The van der Waals surface area contributed by atoms with Crippen LogP contribution in [0, 0.1) is 6.92 Å². The Morgan fingerprint density at radius 1 is 1.11 bits per heavy atom. The lowest BCUT2D eigenvalue weighted by Gasteiger charge is -2.40. The summed E-state index contributed by atoms with van der Waals surface area (Å²) in [6, 6.07) is 8.38. The van der Waals surface area contributed by atoms with Gasteiger partial charge in [0, 0.05) is 5.69 Å². The molecule has 2 fully saturated rings. The summed E-state index contributed by atoms with van der Waals surface area (Å²) < 4.78 is 0. The second kappa shape index (κ2) is 4.61. The van der Waals surface area contributed by atoms with E-state index >= 15 is 0 Å². The van der Waals surface area contributed by atoms with E-state index in [0.717, 1.165) is 18.5 Å². The van der Waals surface area contributed by atoms with Gasteiger partial charge in [-0.25, -0.2) is 0 Å². The molecule has 1 aromatic rings. The van der Waals surface area contributed by atoms with Gasteiger partial charge in [-0.2, -0.15) is 0 Å². The maximum Gasteiger partial charge on any atom is 0.238 e. The van der Waals surface area contributed by atoms with Gasteiger partial charge in [-0.1, -0.05) is 37.0 Å². The summed E-state index contributed by atoms with van der Waals surface area (Å²) in [5, 5.41) is 0. The lowest BCUT2D eigenvalue weighted by atomic mass is 9.93. The van der Waals surface area contributed by atoms with Crippen LogP contribution in [0.3, 0.4) is 0 Å². The van der Waals surface area contributed by atoms with Gasteiger partial charge in [-0.05, 0) is 31.9 Å². The highest BCUT2D eigenvalue weighted by atomic mass is 32.2. The van der Waals surface area contributed by atoms with Crippen LogP contribution in [-0.4, -0.2) is 16.5 Å². The molecular weight excluding hydrogens is 242 g/mol. The second-order valence-corrected chi connectivity index (χ2v) is 6.70. The maximum absolute atomic E-state index is 12.2. The summed E-state index contributed by atoms with van der Waals surface area (Å²) in [6.45, 7) is 2.08. The second-order valence-electron chi connectivity index (χ2n) is 5.36. The fraction of sp³-hybridized carbons (Fsp3) is 0.533. The number of nitrogens with zero attached hydrogens (tertiary/aromatic N) is 1. The Bertz CT molecular complexity index is 448. The lowest BCUT2D eigenvalue weighted by molar-refractivity contribution is -0.116. The first kappa shape index (κ1) is 12.1. The number of amides is 1. The first-order valence-electron chi connectivity index (χ1n) is 6.75.